The van der Waals surface area contributed by atoms with Crippen molar-refractivity contribution in [3.05, 3.63) is 42.5 Å². The number of anilines is 1. The Kier molecular flexibility index (Phi) is 5.83. The van der Waals surface area contributed by atoms with Gasteiger partial charge in [-0.2, -0.15) is 15.0 Å². The molecular formula is C22H25N9O. The third kappa shape index (κ3) is 4.29. The van der Waals surface area contributed by atoms with Gasteiger partial charge in [-0.25, -0.2) is 14.6 Å². The van der Waals surface area contributed by atoms with E-state index in [4.69, 9.17) is 5.26 Å². The molecular weight excluding hydrogens is 406 g/mol. The highest BCUT2D eigenvalue weighted by Gasteiger charge is 2.17. The molecule has 10 heteroatoms. The van der Waals surface area contributed by atoms with Gasteiger partial charge in [0, 0.05) is 41.1 Å². The zero-order chi connectivity index (χ0) is 22.8. The van der Waals surface area contributed by atoms with Gasteiger partial charge in [0.1, 0.15) is 11.8 Å². The van der Waals surface area contributed by atoms with Gasteiger partial charge in [-0.05, 0) is 25.8 Å². The predicted molar refractivity (Wildman–Crippen MR) is 120 cm³/mol. The van der Waals surface area contributed by atoms with Crippen LogP contribution in [0.15, 0.2) is 36.9 Å². The number of nitrogens with one attached hydrogen (secondary N) is 1. The van der Waals surface area contributed by atoms with Crippen LogP contribution in [0.4, 0.5) is 5.69 Å². The molecule has 0 aliphatic rings. The molecule has 4 aromatic heterocycles. The molecule has 0 spiro atoms. The van der Waals surface area contributed by atoms with Crippen molar-refractivity contribution in [1.29, 1.82) is 5.26 Å². The van der Waals surface area contributed by atoms with Crippen molar-refractivity contribution >= 4 is 16.7 Å². The zero-order valence-corrected chi connectivity index (χ0v) is 18.4. The molecule has 0 aromatic carbocycles. The van der Waals surface area contributed by atoms with E-state index in [1.165, 1.54) is 6.20 Å². The molecule has 164 valence electrons. The highest BCUT2D eigenvalue weighted by atomic mass is 16.3. The Labute approximate surface area is 185 Å². The van der Waals surface area contributed by atoms with Crippen LogP contribution in [0.1, 0.15) is 33.3 Å². The van der Waals surface area contributed by atoms with Crippen LogP contribution in [0.25, 0.3) is 28.1 Å². The minimum absolute atomic E-state index is 0.128. The van der Waals surface area contributed by atoms with E-state index in [-0.39, 0.29) is 12.0 Å². The second kappa shape index (κ2) is 8.72. The molecule has 4 rings (SSSR count). The zero-order valence-electron chi connectivity index (χ0n) is 18.4. The lowest BCUT2D eigenvalue weighted by Gasteiger charge is -2.15. The number of pyridine rings is 2. The van der Waals surface area contributed by atoms with Gasteiger partial charge in [-0.15, -0.1) is 5.10 Å². The van der Waals surface area contributed by atoms with Crippen LogP contribution in [0.3, 0.4) is 0 Å². The number of fused-ring (bicyclic) bond motifs is 1. The lowest BCUT2D eigenvalue weighted by Crippen LogP contribution is -2.22. The Morgan fingerprint density at radius 2 is 1.94 bits per heavy atom. The quantitative estimate of drug-likeness (QED) is 0.457. The van der Waals surface area contributed by atoms with Gasteiger partial charge in [-0.3, -0.25) is 0 Å². The van der Waals surface area contributed by atoms with Crippen molar-refractivity contribution in [2.45, 2.75) is 46.4 Å². The van der Waals surface area contributed by atoms with Crippen LogP contribution in [0.5, 0.6) is 0 Å². The maximum Gasteiger partial charge on any atom is 0.164 e. The molecule has 1 atom stereocenters. The van der Waals surface area contributed by atoms with Crippen LogP contribution >= 0.6 is 0 Å². The van der Waals surface area contributed by atoms with Gasteiger partial charge in [0.05, 0.1) is 30.6 Å². The molecule has 1 unspecified atom stereocenters. The molecule has 0 bridgehead atoms. The van der Waals surface area contributed by atoms with Gasteiger partial charge in [0.15, 0.2) is 11.5 Å². The van der Waals surface area contributed by atoms with Crippen molar-refractivity contribution in [1.82, 2.24) is 34.7 Å². The summed E-state index contributed by atoms with van der Waals surface area (Å²) < 4.78 is 3.28. The summed E-state index contributed by atoms with van der Waals surface area (Å²) in [5.74, 6) is 0.718. The first kappa shape index (κ1) is 21.4. The number of hydrogen-bond donors (Lipinski definition) is 2. The van der Waals surface area contributed by atoms with E-state index in [0.717, 1.165) is 16.6 Å². The van der Waals surface area contributed by atoms with Crippen molar-refractivity contribution in [3.63, 3.8) is 0 Å². The first-order chi connectivity index (χ1) is 15.4. The number of rotatable bonds is 7. The van der Waals surface area contributed by atoms with E-state index in [9.17, 15) is 5.11 Å². The SMILES string of the molecule is CC(C)Nc1cc(-n2ncc3cc(C#N)cnc32)ncc1-c1cn(CC(O)C(C)C)nn1. The summed E-state index contributed by atoms with van der Waals surface area (Å²) >= 11 is 0. The van der Waals surface area contributed by atoms with E-state index in [0.29, 0.717) is 29.3 Å². The third-order valence-electron chi connectivity index (χ3n) is 5.05. The maximum absolute atomic E-state index is 10.1. The van der Waals surface area contributed by atoms with E-state index >= 15 is 0 Å². The molecule has 0 aliphatic heterocycles. The summed E-state index contributed by atoms with van der Waals surface area (Å²) in [4.78, 5) is 8.96. The maximum atomic E-state index is 10.1. The molecule has 4 aromatic rings. The number of nitrogens with zero attached hydrogens (tertiary/aromatic N) is 8. The van der Waals surface area contributed by atoms with Gasteiger partial charge in [-0.1, -0.05) is 19.1 Å². The first-order valence-electron chi connectivity index (χ1n) is 10.4. The summed E-state index contributed by atoms with van der Waals surface area (Å²) in [5, 5.41) is 36.3. The molecule has 0 saturated carbocycles. The van der Waals surface area contributed by atoms with Crippen LogP contribution in [-0.4, -0.2) is 52.0 Å². The number of aromatic nitrogens is 7. The summed E-state index contributed by atoms with van der Waals surface area (Å²) in [7, 11) is 0. The monoisotopic (exact) mass is 431 g/mol. The van der Waals surface area contributed by atoms with Crippen molar-refractivity contribution < 1.29 is 5.11 Å². The third-order valence-corrected chi connectivity index (χ3v) is 5.05. The smallest absolute Gasteiger partial charge is 0.164 e. The fraction of sp³-hybridized carbons (Fsp3) is 0.364. The highest BCUT2D eigenvalue weighted by molar-refractivity contribution is 5.79. The number of aliphatic hydroxyl groups excluding tert-OH is 1. The Morgan fingerprint density at radius 1 is 1.12 bits per heavy atom. The molecule has 32 heavy (non-hydrogen) atoms. The van der Waals surface area contributed by atoms with E-state index in [1.807, 2.05) is 40.0 Å². The average molecular weight is 432 g/mol. The molecule has 0 fully saturated rings. The molecule has 2 N–H and O–H groups in total. The van der Waals surface area contributed by atoms with Gasteiger partial charge < -0.3 is 10.4 Å². The van der Waals surface area contributed by atoms with E-state index in [1.54, 1.807) is 27.8 Å². The molecule has 4 heterocycles. The second-order valence-corrected chi connectivity index (χ2v) is 8.33. The van der Waals surface area contributed by atoms with E-state index in [2.05, 4.69) is 36.8 Å². The minimum atomic E-state index is -0.500. The molecule has 0 saturated heterocycles. The molecule has 10 nitrogen and oxygen atoms in total. The molecule has 0 amide bonds. The van der Waals surface area contributed by atoms with Crippen LogP contribution in [0.2, 0.25) is 0 Å². The van der Waals surface area contributed by atoms with Crippen LogP contribution in [0, 0.1) is 17.2 Å². The van der Waals surface area contributed by atoms with Crippen molar-refractivity contribution in [2.75, 3.05) is 5.32 Å². The number of hydrogen-bond acceptors (Lipinski definition) is 8. The first-order valence-corrected chi connectivity index (χ1v) is 10.4. The largest absolute Gasteiger partial charge is 0.391 e. The van der Waals surface area contributed by atoms with Gasteiger partial charge in [0.25, 0.3) is 0 Å². The number of aliphatic hydroxyl groups is 1. The topological polar surface area (TPSA) is 130 Å². The molecule has 0 radical (unpaired) electrons. The second-order valence-electron chi connectivity index (χ2n) is 8.33. The fourth-order valence-electron chi connectivity index (χ4n) is 3.26. The molecule has 0 aliphatic carbocycles. The van der Waals surface area contributed by atoms with Gasteiger partial charge >= 0.3 is 0 Å². The predicted octanol–water partition coefficient (Wildman–Crippen LogP) is 2.78. The van der Waals surface area contributed by atoms with Crippen LogP contribution < -0.4 is 5.32 Å². The van der Waals surface area contributed by atoms with Gasteiger partial charge in [0.2, 0.25) is 0 Å². The van der Waals surface area contributed by atoms with E-state index < -0.39 is 6.10 Å². The summed E-state index contributed by atoms with van der Waals surface area (Å²) in [5.41, 5.74) is 3.38. The summed E-state index contributed by atoms with van der Waals surface area (Å²) in [6, 6.07) is 5.90. The summed E-state index contributed by atoms with van der Waals surface area (Å²) in [6.45, 7) is 8.40. The van der Waals surface area contributed by atoms with Crippen molar-refractivity contribution in [2.24, 2.45) is 5.92 Å². The highest BCUT2D eigenvalue weighted by Crippen LogP contribution is 2.29. The lowest BCUT2D eigenvalue weighted by molar-refractivity contribution is 0.102. The fourth-order valence-corrected chi connectivity index (χ4v) is 3.26. The Morgan fingerprint density at radius 3 is 2.66 bits per heavy atom. The summed E-state index contributed by atoms with van der Waals surface area (Å²) in [6.07, 6.45) is 6.22. The average Bonchev–Trinajstić information content (AvgIpc) is 3.39. The lowest BCUT2D eigenvalue weighted by atomic mass is 10.1. The standard InChI is InChI=1S/C22H25N9O/c1-13(2)20(32)12-30-11-19(28-29-30)17-10-24-21(6-18(17)27-14(3)4)31-22-16(9-26-31)5-15(7-23)8-25-22/h5-6,8-11,13-14,20,32H,12H2,1-4H3,(H,24,27). The van der Waals surface area contributed by atoms with Crippen LogP contribution in [-0.2, 0) is 6.54 Å². The minimum Gasteiger partial charge on any atom is -0.391 e. The Bertz CT molecular complexity index is 1280. The normalized spacial score (nSPS) is 12.4. The Balaban J connectivity index is 1.72. The Hall–Kier alpha value is -3.84. The number of nitriles is 1. The van der Waals surface area contributed by atoms with Crippen molar-refractivity contribution in [3.8, 4) is 23.1 Å².